The molecule has 0 saturated carbocycles. The molecule has 4 N–H and O–H groups in total. The quantitative estimate of drug-likeness (QED) is 0.448. The first-order valence-electron chi connectivity index (χ1n) is 8.12. The summed E-state index contributed by atoms with van der Waals surface area (Å²) in [7, 11) is 0. The molecule has 0 unspecified atom stereocenters. The molecule has 8 heteroatoms. The number of halogens is 1. The van der Waals surface area contributed by atoms with E-state index in [2.05, 4.69) is 15.3 Å². The van der Waals surface area contributed by atoms with Crippen molar-refractivity contribution in [3.8, 4) is 0 Å². The average Bonchev–Trinajstić information content (AvgIpc) is 2.65. The fourth-order valence-electron chi connectivity index (χ4n) is 2.41. The van der Waals surface area contributed by atoms with E-state index in [1.54, 1.807) is 12.1 Å². The Labute approximate surface area is 159 Å². The molecule has 27 heavy (non-hydrogen) atoms. The molecule has 1 atom stereocenters. The summed E-state index contributed by atoms with van der Waals surface area (Å²) in [4.78, 5) is 31.1. The second kappa shape index (κ2) is 8.50. The molecule has 0 aliphatic rings. The smallest absolute Gasteiger partial charge is 0.253 e. The summed E-state index contributed by atoms with van der Waals surface area (Å²) in [6, 6.07) is 16.2. The first-order valence-corrected chi connectivity index (χ1v) is 9.00. The maximum absolute atomic E-state index is 13.0. The Morgan fingerprint density at radius 1 is 1.19 bits per heavy atom. The number of thioether (sulfide) groups is 1. The highest BCUT2D eigenvalue weighted by Crippen LogP contribution is 2.33. The molecule has 6 nitrogen and oxygen atoms in total. The van der Waals surface area contributed by atoms with E-state index in [-0.39, 0.29) is 34.8 Å². The van der Waals surface area contributed by atoms with Gasteiger partial charge in [-0.25, -0.2) is 9.37 Å². The summed E-state index contributed by atoms with van der Waals surface area (Å²) in [5, 5.41) is 2.45. The van der Waals surface area contributed by atoms with Crippen LogP contribution in [0.25, 0.3) is 0 Å². The summed E-state index contributed by atoms with van der Waals surface area (Å²) < 4.78 is 13.0. The van der Waals surface area contributed by atoms with Gasteiger partial charge in [-0.1, -0.05) is 54.2 Å². The van der Waals surface area contributed by atoms with E-state index < -0.39 is 5.25 Å². The number of nitrogens with zero attached hydrogens (tertiary/aromatic N) is 1. The van der Waals surface area contributed by atoms with Gasteiger partial charge in [0.15, 0.2) is 5.16 Å². The van der Waals surface area contributed by atoms with E-state index in [0.717, 1.165) is 22.9 Å². The van der Waals surface area contributed by atoms with Crippen molar-refractivity contribution in [1.82, 2.24) is 15.3 Å². The van der Waals surface area contributed by atoms with Gasteiger partial charge in [0, 0.05) is 12.6 Å². The van der Waals surface area contributed by atoms with Crippen molar-refractivity contribution in [2.75, 3.05) is 5.73 Å². The van der Waals surface area contributed by atoms with E-state index in [0.29, 0.717) is 0 Å². The molecular weight excluding hydrogens is 367 g/mol. The number of amides is 1. The molecule has 0 aliphatic carbocycles. The summed E-state index contributed by atoms with van der Waals surface area (Å²) in [5.41, 5.74) is 6.76. The molecule has 0 aliphatic heterocycles. The maximum atomic E-state index is 13.0. The average molecular weight is 384 g/mol. The zero-order chi connectivity index (χ0) is 19.2. The second-order valence-electron chi connectivity index (χ2n) is 5.73. The molecular formula is C19H17FN4O2S. The van der Waals surface area contributed by atoms with Gasteiger partial charge in [-0.05, 0) is 23.3 Å². The Balaban J connectivity index is 1.79. The van der Waals surface area contributed by atoms with Crippen LogP contribution in [-0.2, 0) is 11.3 Å². The Morgan fingerprint density at radius 3 is 2.56 bits per heavy atom. The number of nitrogens with two attached hydrogens (primary N) is 1. The highest BCUT2D eigenvalue weighted by molar-refractivity contribution is 8.00. The molecule has 0 spiro atoms. The number of nitrogen functional groups attached to an aromatic ring is 1. The number of rotatable bonds is 6. The molecule has 1 amide bonds. The van der Waals surface area contributed by atoms with Crippen molar-refractivity contribution >= 4 is 23.5 Å². The van der Waals surface area contributed by atoms with E-state index in [1.807, 2.05) is 30.3 Å². The van der Waals surface area contributed by atoms with Crippen molar-refractivity contribution in [3.63, 3.8) is 0 Å². The Kier molecular flexibility index (Phi) is 5.87. The zero-order valence-corrected chi connectivity index (χ0v) is 15.0. The normalized spacial score (nSPS) is 11.7. The van der Waals surface area contributed by atoms with Crippen LogP contribution in [-0.4, -0.2) is 15.9 Å². The van der Waals surface area contributed by atoms with Crippen LogP contribution in [0, 0.1) is 5.82 Å². The van der Waals surface area contributed by atoms with Crippen LogP contribution in [0.15, 0.2) is 70.6 Å². The second-order valence-corrected chi connectivity index (χ2v) is 6.82. The number of H-pyrrole nitrogens is 1. The maximum Gasteiger partial charge on any atom is 0.253 e. The van der Waals surface area contributed by atoms with E-state index >= 15 is 0 Å². The van der Waals surface area contributed by atoms with Crippen LogP contribution in [0.5, 0.6) is 0 Å². The van der Waals surface area contributed by atoms with Crippen LogP contribution in [0.4, 0.5) is 10.2 Å². The van der Waals surface area contributed by atoms with Crippen molar-refractivity contribution < 1.29 is 9.18 Å². The number of hydrogen-bond donors (Lipinski definition) is 3. The lowest BCUT2D eigenvalue weighted by atomic mass is 10.1. The number of carbonyl (C=O) groups is 1. The highest BCUT2D eigenvalue weighted by Gasteiger charge is 2.23. The van der Waals surface area contributed by atoms with Gasteiger partial charge >= 0.3 is 0 Å². The summed E-state index contributed by atoms with van der Waals surface area (Å²) >= 11 is 1.10. The Hall–Kier alpha value is -3.13. The first kappa shape index (κ1) is 18.7. The summed E-state index contributed by atoms with van der Waals surface area (Å²) in [6.07, 6.45) is 0. The van der Waals surface area contributed by atoms with Crippen LogP contribution in [0.2, 0.25) is 0 Å². The van der Waals surface area contributed by atoms with E-state index in [9.17, 15) is 14.0 Å². The van der Waals surface area contributed by atoms with Crippen LogP contribution >= 0.6 is 11.8 Å². The van der Waals surface area contributed by atoms with Gasteiger partial charge in [0.25, 0.3) is 5.56 Å². The minimum absolute atomic E-state index is 0.0831. The largest absolute Gasteiger partial charge is 0.383 e. The number of anilines is 1. The van der Waals surface area contributed by atoms with Gasteiger partial charge < -0.3 is 16.0 Å². The van der Waals surface area contributed by atoms with Crippen molar-refractivity contribution in [1.29, 1.82) is 0 Å². The van der Waals surface area contributed by atoms with Crippen molar-refractivity contribution in [3.05, 3.63) is 88.0 Å². The summed E-state index contributed by atoms with van der Waals surface area (Å²) in [5.74, 6) is -0.514. The first-order chi connectivity index (χ1) is 13.0. The zero-order valence-electron chi connectivity index (χ0n) is 14.2. The summed E-state index contributed by atoms with van der Waals surface area (Å²) in [6.45, 7) is 0.254. The van der Waals surface area contributed by atoms with Gasteiger partial charge in [0.1, 0.15) is 16.9 Å². The molecule has 0 bridgehead atoms. The van der Waals surface area contributed by atoms with Gasteiger partial charge in [-0.2, -0.15) is 0 Å². The predicted molar refractivity (Wildman–Crippen MR) is 103 cm³/mol. The van der Waals surface area contributed by atoms with Crippen molar-refractivity contribution in [2.45, 2.75) is 17.0 Å². The van der Waals surface area contributed by atoms with E-state index in [4.69, 9.17) is 5.73 Å². The lowest BCUT2D eigenvalue weighted by molar-refractivity contribution is -0.120. The number of benzene rings is 2. The van der Waals surface area contributed by atoms with E-state index in [1.165, 1.54) is 18.2 Å². The molecule has 2 aromatic carbocycles. The van der Waals surface area contributed by atoms with Gasteiger partial charge in [-0.15, -0.1) is 0 Å². The monoisotopic (exact) mass is 384 g/mol. The molecule has 0 fully saturated rings. The van der Waals surface area contributed by atoms with Crippen molar-refractivity contribution in [2.24, 2.45) is 0 Å². The predicted octanol–water partition coefficient (Wildman–Crippen LogP) is 2.64. The number of carbonyl (C=O) groups excluding carboxylic acids is 1. The standard InChI is InChI=1S/C19H17FN4O2S/c20-14-8-6-12(7-9-14)11-22-18(26)17(13-4-2-1-3-5-13)27-19-23-15(21)10-16(25)24-19/h1-10,17H,11H2,(H,22,26)(H3,21,23,24,25)/t17-/m0/s1. The van der Waals surface area contributed by atoms with Gasteiger partial charge in [-0.3, -0.25) is 9.59 Å². The van der Waals surface area contributed by atoms with Crippen LogP contribution in [0.3, 0.4) is 0 Å². The lowest BCUT2D eigenvalue weighted by Crippen LogP contribution is -2.28. The van der Waals surface area contributed by atoms with Crippen LogP contribution in [0.1, 0.15) is 16.4 Å². The van der Waals surface area contributed by atoms with Gasteiger partial charge in [0.05, 0.1) is 0 Å². The fourth-order valence-corrected chi connectivity index (χ4v) is 3.43. The highest BCUT2D eigenvalue weighted by atomic mass is 32.2. The van der Waals surface area contributed by atoms with Gasteiger partial charge in [0.2, 0.25) is 5.91 Å². The fraction of sp³-hybridized carbons (Fsp3) is 0.105. The third kappa shape index (κ3) is 5.18. The minimum Gasteiger partial charge on any atom is -0.383 e. The van der Waals surface area contributed by atoms with Crippen LogP contribution < -0.4 is 16.6 Å². The molecule has 1 aromatic heterocycles. The molecule has 3 aromatic rings. The molecule has 138 valence electrons. The number of aromatic nitrogens is 2. The third-order valence-corrected chi connectivity index (χ3v) is 4.83. The molecule has 0 saturated heterocycles. The molecule has 1 heterocycles. The third-order valence-electron chi connectivity index (χ3n) is 3.69. The SMILES string of the molecule is Nc1cc(=O)[nH]c(S[C@H](C(=O)NCc2ccc(F)cc2)c2ccccc2)n1. The molecule has 3 rings (SSSR count). The minimum atomic E-state index is -0.642. The Bertz CT molecular complexity index is 977. The number of hydrogen-bond acceptors (Lipinski definition) is 5. The number of aromatic amines is 1. The number of nitrogens with one attached hydrogen (secondary N) is 2. The molecule has 0 radical (unpaired) electrons. The Morgan fingerprint density at radius 2 is 1.89 bits per heavy atom. The lowest BCUT2D eigenvalue weighted by Gasteiger charge is -2.16. The topological polar surface area (TPSA) is 101 Å².